The van der Waals surface area contributed by atoms with Crippen LogP contribution < -0.4 is 5.32 Å². The second-order valence-electron chi connectivity index (χ2n) is 4.41. The van der Waals surface area contributed by atoms with Crippen LogP contribution in [0.4, 0.5) is 0 Å². The van der Waals surface area contributed by atoms with E-state index in [2.05, 4.69) is 33.9 Å². The standard InChI is InChI=1S/C12H24N4/c1-15(2)9-4-3-6-13-7-5-10-16-11-8-14-12-16/h8,11-13H,3-7,9-10H2,1-2H3. The summed E-state index contributed by atoms with van der Waals surface area (Å²) >= 11 is 0. The van der Waals surface area contributed by atoms with Crippen LogP contribution in [0, 0.1) is 0 Å². The molecular weight excluding hydrogens is 200 g/mol. The number of nitrogens with one attached hydrogen (secondary N) is 1. The van der Waals surface area contributed by atoms with Crippen LogP contribution in [0.25, 0.3) is 0 Å². The predicted octanol–water partition coefficient (Wildman–Crippen LogP) is 1.20. The second kappa shape index (κ2) is 8.30. The molecule has 0 aliphatic heterocycles. The van der Waals surface area contributed by atoms with Gasteiger partial charge in [-0.1, -0.05) is 0 Å². The Bertz CT molecular complexity index is 244. The first-order chi connectivity index (χ1) is 7.79. The molecule has 1 N–H and O–H groups in total. The van der Waals surface area contributed by atoms with Crippen molar-refractivity contribution in [2.45, 2.75) is 25.8 Å². The van der Waals surface area contributed by atoms with E-state index in [9.17, 15) is 0 Å². The summed E-state index contributed by atoms with van der Waals surface area (Å²) in [6.45, 7) is 4.49. The first kappa shape index (κ1) is 13.2. The fourth-order valence-electron chi connectivity index (χ4n) is 1.61. The van der Waals surface area contributed by atoms with E-state index in [0.717, 1.165) is 19.6 Å². The number of rotatable bonds is 9. The van der Waals surface area contributed by atoms with Crippen LogP contribution in [-0.4, -0.2) is 48.2 Å². The van der Waals surface area contributed by atoms with Gasteiger partial charge in [0.25, 0.3) is 0 Å². The third kappa shape index (κ3) is 6.58. The van der Waals surface area contributed by atoms with Gasteiger partial charge in [-0.2, -0.15) is 0 Å². The number of nitrogens with zero attached hydrogens (tertiary/aromatic N) is 3. The normalized spacial score (nSPS) is 11.2. The van der Waals surface area contributed by atoms with Gasteiger partial charge in [-0.15, -0.1) is 0 Å². The fraction of sp³-hybridized carbons (Fsp3) is 0.750. The molecule has 0 bridgehead atoms. The summed E-state index contributed by atoms with van der Waals surface area (Å²) in [6, 6.07) is 0. The van der Waals surface area contributed by atoms with Crippen molar-refractivity contribution in [2.24, 2.45) is 0 Å². The van der Waals surface area contributed by atoms with E-state index in [4.69, 9.17) is 0 Å². The summed E-state index contributed by atoms with van der Waals surface area (Å²) in [6.07, 6.45) is 9.43. The Morgan fingerprint density at radius 2 is 2.00 bits per heavy atom. The lowest BCUT2D eigenvalue weighted by Gasteiger charge is -2.09. The average Bonchev–Trinajstić information content (AvgIpc) is 2.74. The summed E-state index contributed by atoms with van der Waals surface area (Å²) in [7, 11) is 4.25. The van der Waals surface area contributed by atoms with Gasteiger partial charge in [0, 0.05) is 18.9 Å². The van der Waals surface area contributed by atoms with Crippen LogP contribution >= 0.6 is 0 Å². The van der Waals surface area contributed by atoms with Crippen LogP contribution in [0.15, 0.2) is 18.7 Å². The van der Waals surface area contributed by atoms with Crippen LogP contribution in [0.1, 0.15) is 19.3 Å². The molecule has 0 unspecified atom stereocenters. The van der Waals surface area contributed by atoms with Crippen molar-refractivity contribution in [1.82, 2.24) is 19.8 Å². The minimum absolute atomic E-state index is 1.06. The molecule has 0 saturated carbocycles. The van der Waals surface area contributed by atoms with Crippen molar-refractivity contribution in [3.8, 4) is 0 Å². The number of imidazole rings is 1. The second-order valence-corrected chi connectivity index (χ2v) is 4.41. The summed E-state index contributed by atoms with van der Waals surface area (Å²) < 4.78 is 2.12. The van der Waals surface area contributed by atoms with Gasteiger partial charge < -0.3 is 14.8 Å². The molecule has 1 rings (SSSR count). The molecule has 1 aromatic heterocycles. The lowest BCUT2D eigenvalue weighted by molar-refractivity contribution is 0.391. The molecule has 0 atom stereocenters. The Balaban J connectivity index is 1.82. The summed E-state index contributed by atoms with van der Waals surface area (Å²) in [5, 5.41) is 3.47. The molecule has 0 aliphatic rings. The third-order valence-corrected chi connectivity index (χ3v) is 2.54. The monoisotopic (exact) mass is 224 g/mol. The zero-order chi connectivity index (χ0) is 11.6. The molecule has 0 amide bonds. The number of aryl methyl sites for hydroxylation is 1. The Hall–Kier alpha value is -0.870. The summed E-state index contributed by atoms with van der Waals surface area (Å²) in [4.78, 5) is 6.25. The molecular formula is C12H24N4. The Morgan fingerprint density at radius 1 is 1.19 bits per heavy atom. The third-order valence-electron chi connectivity index (χ3n) is 2.54. The van der Waals surface area contributed by atoms with Crippen molar-refractivity contribution in [2.75, 3.05) is 33.7 Å². The van der Waals surface area contributed by atoms with E-state index in [1.807, 2.05) is 18.7 Å². The van der Waals surface area contributed by atoms with E-state index in [1.54, 1.807) is 0 Å². The predicted molar refractivity (Wildman–Crippen MR) is 67.5 cm³/mol. The Morgan fingerprint density at radius 3 is 2.69 bits per heavy atom. The first-order valence-electron chi connectivity index (χ1n) is 6.10. The highest BCUT2D eigenvalue weighted by Crippen LogP contribution is 1.91. The van der Waals surface area contributed by atoms with Crippen molar-refractivity contribution >= 4 is 0 Å². The van der Waals surface area contributed by atoms with E-state index >= 15 is 0 Å². The van der Waals surface area contributed by atoms with Crippen molar-refractivity contribution in [3.05, 3.63) is 18.7 Å². The molecule has 92 valence electrons. The largest absolute Gasteiger partial charge is 0.337 e. The van der Waals surface area contributed by atoms with Gasteiger partial charge in [-0.25, -0.2) is 4.98 Å². The van der Waals surface area contributed by atoms with E-state index in [0.29, 0.717) is 0 Å². The van der Waals surface area contributed by atoms with Gasteiger partial charge >= 0.3 is 0 Å². The Labute approximate surface area is 98.7 Å². The van der Waals surface area contributed by atoms with Crippen LogP contribution in [0.3, 0.4) is 0 Å². The van der Waals surface area contributed by atoms with E-state index < -0.39 is 0 Å². The zero-order valence-electron chi connectivity index (χ0n) is 10.5. The SMILES string of the molecule is CN(C)CCCCNCCCn1ccnc1. The van der Waals surface area contributed by atoms with Crippen molar-refractivity contribution < 1.29 is 0 Å². The van der Waals surface area contributed by atoms with E-state index in [-0.39, 0.29) is 0 Å². The summed E-state index contributed by atoms with van der Waals surface area (Å²) in [5.41, 5.74) is 0. The maximum atomic E-state index is 4.02. The van der Waals surface area contributed by atoms with Gasteiger partial charge in [-0.05, 0) is 53.0 Å². The van der Waals surface area contributed by atoms with Crippen molar-refractivity contribution in [3.63, 3.8) is 0 Å². The maximum Gasteiger partial charge on any atom is 0.0945 e. The lowest BCUT2D eigenvalue weighted by Crippen LogP contribution is -2.20. The average molecular weight is 224 g/mol. The quantitative estimate of drug-likeness (QED) is 0.640. The topological polar surface area (TPSA) is 33.1 Å². The minimum Gasteiger partial charge on any atom is -0.337 e. The van der Waals surface area contributed by atoms with Gasteiger partial charge in [0.2, 0.25) is 0 Å². The number of aromatic nitrogens is 2. The maximum absolute atomic E-state index is 4.02. The molecule has 4 nitrogen and oxygen atoms in total. The minimum atomic E-state index is 1.06. The first-order valence-corrected chi connectivity index (χ1v) is 6.10. The highest BCUT2D eigenvalue weighted by molar-refractivity contribution is 4.73. The molecule has 1 aromatic rings. The summed E-state index contributed by atoms with van der Waals surface area (Å²) in [5.74, 6) is 0. The molecule has 16 heavy (non-hydrogen) atoms. The van der Waals surface area contributed by atoms with Crippen LogP contribution in [0.5, 0.6) is 0 Å². The highest BCUT2D eigenvalue weighted by atomic mass is 15.0. The number of hydrogen-bond donors (Lipinski definition) is 1. The van der Waals surface area contributed by atoms with Gasteiger partial charge in [-0.3, -0.25) is 0 Å². The highest BCUT2D eigenvalue weighted by Gasteiger charge is 1.92. The smallest absolute Gasteiger partial charge is 0.0945 e. The van der Waals surface area contributed by atoms with Crippen LogP contribution in [0.2, 0.25) is 0 Å². The zero-order valence-corrected chi connectivity index (χ0v) is 10.5. The molecule has 0 aromatic carbocycles. The van der Waals surface area contributed by atoms with Gasteiger partial charge in [0.15, 0.2) is 0 Å². The molecule has 0 saturated heterocycles. The van der Waals surface area contributed by atoms with Gasteiger partial charge in [0.05, 0.1) is 6.33 Å². The van der Waals surface area contributed by atoms with Gasteiger partial charge in [0.1, 0.15) is 0 Å². The lowest BCUT2D eigenvalue weighted by atomic mass is 10.3. The molecule has 0 aliphatic carbocycles. The molecule has 0 radical (unpaired) electrons. The Kier molecular flexibility index (Phi) is 6.85. The number of hydrogen-bond acceptors (Lipinski definition) is 3. The van der Waals surface area contributed by atoms with Crippen LogP contribution in [-0.2, 0) is 6.54 Å². The number of unbranched alkanes of at least 4 members (excludes halogenated alkanes) is 1. The van der Waals surface area contributed by atoms with Crippen molar-refractivity contribution in [1.29, 1.82) is 0 Å². The molecule has 0 fully saturated rings. The van der Waals surface area contributed by atoms with E-state index in [1.165, 1.54) is 25.8 Å². The molecule has 4 heteroatoms. The molecule has 1 heterocycles. The fourth-order valence-corrected chi connectivity index (χ4v) is 1.61. The molecule has 0 spiro atoms.